The number of allylic oxidation sites excluding steroid dienone is 1. The zero-order chi connectivity index (χ0) is 17.5. The van der Waals surface area contributed by atoms with Crippen LogP contribution < -0.4 is 10.6 Å². The molecule has 0 fully saturated rings. The number of carbonyl (C=O) groups is 2. The van der Waals surface area contributed by atoms with Gasteiger partial charge in [-0.15, -0.1) is 0 Å². The number of phenols is 1. The Labute approximate surface area is 141 Å². The summed E-state index contributed by atoms with van der Waals surface area (Å²) in [6.45, 7) is 4.15. The SMILES string of the molecule is CCCCCCOC(=O)C1=C(C)NC(=O)N[C@H]1c1cccc(O)c1. The van der Waals surface area contributed by atoms with Gasteiger partial charge in [-0.25, -0.2) is 9.59 Å². The van der Waals surface area contributed by atoms with Gasteiger partial charge >= 0.3 is 12.0 Å². The summed E-state index contributed by atoms with van der Waals surface area (Å²) in [7, 11) is 0. The third-order valence-electron chi connectivity index (χ3n) is 3.92. The smallest absolute Gasteiger partial charge is 0.338 e. The fraction of sp³-hybridized carbons (Fsp3) is 0.444. The van der Waals surface area contributed by atoms with Gasteiger partial charge in [0, 0.05) is 5.70 Å². The molecule has 2 amide bonds. The number of carbonyl (C=O) groups excluding carboxylic acids is 2. The fourth-order valence-corrected chi connectivity index (χ4v) is 2.69. The van der Waals surface area contributed by atoms with E-state index in [9.17, 15) is 14.7 Å². The van der Waals surface area contributed by atoms with Gasteiger partial charge in [0.2, 0.25) is 0 Å². The Morgan fingerprint density at radius 2 is 2.08 bits per heavy atom. The van der Waals surface area contributed by atoms with Gasteiger partial charge in [-0.2, -0.15) is 0 Å². The standard InChI is InChI=1S/C18H24N2O4/c1-3-4-5-6-10-24-17(22)15-12(2)19-18(23)20-16(15)13-8-7-9-14(21)11-13/h7-9,11,16,21H,3-6,10H2,1-2H3,(H2,19,20,23)/t16-/m0/s1. The van der Waals surface area contributed by atoms with Crippen LogP contribution in [0.4, 0.5) is 4.79 Å². The Morgan fingerprint density at radius 3 is 2.79 bits per heavy atom. The van der Waals surface area contributed by atoms with E-state index in [1.165, 1.54) is 12.1 Å². The molecule has 1 aromatic carbocycles. The van der Waals surface area contributed by atoms with Crippen molar-refractivity contribution in [3.8, 4) is 5.75 Å². The lowest BCUT2D eigenvalue weighted by atomic mass is 9.95. The zero-order valence-corrected chi connectivity index (χ0v) is 14.1. The van der Waals surface area contributed by atoms with E-state index in [1.54, 1.807) is 19.1 Å². The average Bonchev–Trinajstić information content (AvgIpc) is 2.53. The molecular formula is C18H24N2O4. The van der Waals surface area contributed by atoms with Crippen LogP contribution in [-0.2, 0) is 9.53 Å². The van der Waals surface area contributed by atoms with Crippen LogP contribution in [0.25, 0.3) is 0 Å². The van der Waals surface area contributed by atoms with Gasteiger partial charge in [-0.3, -0.25) is 0 Å². The quantitative estimate of drug-likeness (QED) is 0.529. The largest absolute Gasteiger partial charge is 0.508 e. The number of unbranched alkanes of at least 4 members (excludes halogenated alkanes) is 3. The van der Waals surface area contributed by atoms with Crippen molar-refractivity contribution in [2.24, 2.45) is 0 Å². The van der Waals surface area contributed by atoms with Gasteiger partial charge in [0.25, 0.3) is 0 Å². The van der Waals surface area contributed by atoms with Gasteiger partial charge in [-0.05, 0) is 31.0 Å². The van der Waals surface area contributed by atoms with Crippen molar-refractivity contribution in [3.63, 3.8) is 0 Å². The zero-order valence-electron chi connectivity index (χ0n) is 14.1. The lowest BCUT2D eigenvalue weighted by molar-refractivity contribution is -0.139. The van der Waals surface area contributed by atoms with E-state index >= 15 is 0 Å². The third kappa shape index (κ3) is 4.50. The fourth-order valence-electron chi connectivity index (χ4n) is 2.69. The third-order valence-corrected chi connectivity index (χ3v) is 3.92. The van der Waals surface area contributed by atoms with Gasteiger partial charge in [0.15, 0.2) is 0 Å². The van der Waals surface area contributed by atoms with Crippen molar-refractivity contribution in [3.05, 3.63) is 41.1 Å². The summed E-state index contributed by atoms with van der Waals surface area (Å²) in [5.41, 5.74) is 1.45. The average molecular weight is 332 g/mol. The van der Waals surface area contributed by atoms with E-state index in [0.29, 0.717) is 23.4 Å². The van der Waals surface area contributed by atoms with Gasteiger partial charge < -0.3 is 20.5 Å². The molecule has 0 radical (unpaired) electrons. The molecule has 6 heteroatoms. The summed E-state index contributed by atoms with van der Waals surface area (Å²) in [5, 5.41) is 15.0. The molecule has 3 N–H and O–H groups in total. The number of hydrogen-bond donors (Lipinski definition) is 3. The normalized spacial score (nSPS) is 17.2. The van der Waals surface area contributed by atoms with Crippen molar-refractivity contribution in [2.75, 3.05) is 6.61 Å². The van der Waals surface area contributed by atoms with E-state index in [-0.39, 0.29) is 11.8 Å². The minimum Gasteiger partial charge on any atom is -0.508 e. The highest BCUT2D eigenvalue weighted by Crippen LogP contribution is 2.29. The summed E-state index contributed by atoms with van der Waals surface area (Å²) >= 11 is 0. The maximum absolute atomic E-state index is 12.5. The predicted molar refractivity (Wildman–Crippen MR) is 90.3 cm³/mol. The van der Waals surface area contributed by atoms with Crippen LogP contribution in [0.5, 0.6) is 5.75 Å². The molecule has 0 saturated carbocycles. The Morgan fingerprint density at radius 1 is 1.29 bits per heavy atom. The summed E-state index contributed by atoms with van der Waals surface area (Å²) in [4.78, 5) is 24.3. The number of amides is 2. The molecule has 1 aliphatic rings. The highest BCUT2D eigenvalue weighted by molar-refractivity contribution is 5.95. The second kappa shape index (κ2) is 8.38. The van der Waals surface area contributed by atoms with E-state index < -0.39 is 12.0 Å². The van der Waals surface area contributed by atoms with Crippen molar-refractivity contribution in [1.82, 2.24) is 10.6 Å². The first-order valence-corrected chi connectivity index (χ1v) is 8.27. The molecule has 0 bridgehead atoms. The number of hydrogen-bond acceptors (Lipinski definition) is 4. The first kappa shape index (κ1) is 17.8. The molecule has 130 valence electrons. The number of aromatic hydroxyl groups is 1. The summed E-state index contributed by atoms with van der Waals surface area (Å²) in [6, 6.07) is 5.45. The summed E-state index contributed by atoms with van der Waals surface area (Å²) < 4.78 is 5.37. The van der Waals surface area contributed by atoms with Crippen LogP contribution in [-0.4, -0.2) is 23.7 Å². The first-order valence-electron chi connectivity index (χ1n) is 8.27. The van der Waals surface area contributed by atoms with Crippen molar-refractivity contribution < 1.29 is 19.4 Å². The second-order valence-electron chi connectivity index (χ2n) is 5.86. The molecule has 0 saturated heterocycles. The molecule has 1 aliphatic heterocycles. The molecule has 24 heavy (non-hydrogen) atoms. The predicted octanol–water partition coefficient (Wildman–Crippen LogP) is 3.14. The first-order chi connectivity index (χ1) is 11.5. The minimum atomic E-state index is -0.644. The monoisotopic (exact) mass is 332 g/mol. The van der Waals surface area contributed by atoms with Crippen LogP contribution in [0.1, 0.15) is 51.1 Å². The van der Waals surface area contributed by atoms with Crippen LogP contribution in [0.3, 0.4) is 0 Å². The Hall–Kier alpha value is -2.50. The highest BCUT2D eigenvalue weighted by atomic mass is 16.5. The Bertz CT molecular complexity index is 640. The number of benzene rings is 1. The molecular weight excluding hydrogens is 308 g/mol. The molecule has 0 aliphatic carbocycles. The van der Waals surface area contributed by atoms with Crippen LogP contribution >= 0.6 is 0 Å². The Kier molecular flexibility index (Phi) is 6.23. The highest BCUT2D eigenvalue weighted by Gasteiger charge is 2.32. The van der Waals surface area contributed by atoms with Crippen LogP contribution in [0, 0.1) is 0 Å². The summed E-state index contributed by atoms with van der Waals surface area (Å²) in [6.07, 6.45) is 4.08. The van der Waals surface area contributed by atoms with Gasteiger partial charge in [0.05, 0.1) is 18.2 Å². The number of ether oxygens (including phenoxy) is 1. The molecule has 0 aromatic heterocycles. The number of nitrogens with one attached hydrogen (secondary N) is 2. The van der Waals surface area contributed by atoms with E-state index in [0.717, 1.165) is 25.7 Å². The Balaban J connectivity index is 2.15. The molecule has 1 atom stereocenters. The van der Waals surface area contributed by atoms with E-state index in [1.807, 2.05) is 0 Å². The summed E-state index contributed by atoms with van der Waals surface area (Å²) in [5.74, 6) is -0.380. The number of esters is 1. The second-order valence-corrected chi connectivity index (χ2v) is 5.86. The van der Waals surface area contributed by atoms with Crippen molar-refractivity contribution in [1.29, 1.82) is 0 Å². The minimum absolute atomic E-state index is 0.0743. The van der Waals surface area contributed by atoms with Crippen molar-refractivity contribution in [2.45, 2.75) is 45.6 Å². The molecule has 0 spiro atoms. The van der Waals surface area contributed by atoms with Crippen LogP contribution in [0.15, 0.2) is 35.5 Å². The number of urea groups is 1. The molecule has 0 unspecified atom stereocenters. The molecule has 6 nitrogen and oxygen atoms in total. The number of phenolic OH excluding ortho intramolecular Hbond substituents is 1. The van der Waals surface area contributed by atoms with Crippen molar-refractivity contribution >= 4 is 12.0 Å². The molecule has 1 heterocycles. The lowest BCUT2D eigenvalue weighted by Crippen LogP contribution is -2.45. The lowest BCUT2D eigenvalue weighted by Gasteiger charge is -2.28. The molecule has 1 aromatic rings. The maximum Gasteiger partial charge on any atom is 0.338 e. The topological polar surface area (TPSA) is 87.7 Å². The van der Waals surface area contributed by atoms with E-state index in [4.69, 9.17) is 4.74 Å². The maximum atomic E-state index is 12.5. The molecule has 2 rings (SSSR count). The number of rotatable bonds is 7. The van der Waals surface area contributed by atoms with Gasteiger partial charge in [-0.1, -0.05) is 38.3 Å². The van der Waals surface area contributed by atoms with Crippen LogP contribution in [0.2, 0.25) is 0 Å². The van der Waals surface area contributed by atoms with E-state index in [2.05, 4.69) is 17.6 Å². The van der Waals surface area contributed by atoms with Gasteiger partial charge in [0.1, 0.15) is 5.75 Å².